The topological polar surface area (TPSA) is 90.7 Å². The van der Waals surface area contributed by atoms with Crippen LogP contribution in [0.1, 0.15) is 131 Å². The summed E-state index contributed by atoms with van der Waals surface area (Å²) in [7, 11) is 4.50. The van der Waals surface area contributed by atoms with Gasteiger partial charge in [-0.2, -0.15) is 0 Å². The zero-order valence-electron chi connectivity index (χ0n) is 33.9. The van der Waals surface area contributed by atoms with Crippen molar-refractivity contribution in [3.63, 3.8) is 0 Å². The molecular formula is C48H60N4O4. The zero-order valence-corrected chi connectivity index (χ0v) is 33.9. The predicted octanol–water partition coefficient (Wildman–Crippen LogP) is 9.95. The van der Waals surface area contributed by atoms with Gasteiger partial charge in [-0.1, -0.05) is 74.9 Å². The molecule has 2 fully saturated rings. The summed E-state index contributed by atoms with van der Waals surface area (Å²) in [5.74, 6) is -0.791. The fraction of sp³-hybridized carbons (Fsp3) is 0.500. The highest BCUT2D eigenvalue weighted by Crippen LogP contribution is 2.38. The van der Waals surface area contributed by atoms with Crippen molar-refractivity contribution >= 4 is 33.7 Å². The number of benzene rings is 3. The van der Waals surface area contributed by atoms with Crippen LogP contribution in [0.25, 0.3) is 21.8 Å². The number of aryl methyl sites for hydroxylation is 3. The van der Waals surface area contributed by atoms with Crippen LogP contribution in [-0.4, -0.2) is 77.1 Å². The van der Waals surface area contributed by atoms with Gasteiger partial charge in [-0.05, 0) is 126 Å². The van der Waals surface area contributed by atoms with Crippen molar-refractivity contribution < 1.29 is 19.1 Å². The van der Waals surface area contributed by atoms with Crippen molar-refractivity contribution in [3.05, 3.63) is 105 Å². The SMILES string of the molecule is Cc1[nH]c2ccc(CCN(C)C3CCCCC3)cc2c1C(=O)OC1CCc2ccccc2C1OC(=O)c1c(C)[nH]c2ccc(CCN(C)C3CCCCC3)cc12. The van der Waals surface area contributed by atoms with E-state index in [9.17, 15) is 9.59 Å². The highest BCUT2D eigenvalue weighted by Gasteiger charge is 2.37. The number of hydrogen-bond donors (Lipinski definition) is 2. The molecule has 3 aliphatic carbocycles. The van der Waals surface area contributed by atoms with E-state index in [0.717, 1.165) is 76.7 Å². The van der Waals surface area contributed by atoms with Crippen LogP contribution in [0.3, 0.4) is 0 Å². The lowest BCUT2D eigenvalue weighted by atomic mass is 9.87. The van der Waals surface area contributed by atoms with Crippen LogP contribution >= 0.6 is 0 Å². The fourth-order valence-corrected chi connectivity index (χ4v) is 9.92. The fourth-order valence-electron chi connectivity index (χ4n) is 9.92. The van der Waals surface area contributed by atoms with Gasteiger partial charge in [-0.25, -0.2) is 9.59 Å². The van der Waals surface area contributed by atoms with E-state index in [0.29, 0.717) is 29.6 Å². The first-order valence-electron chi connectivity index (χ1n) is 21.4. The maximum absolute atomic E-state index is 14.3. The predicted molar refractivity (Wildman–Crippen MR) is 225 cm³/mol. The molecular weight excluding hydrogens is 697 g/mol. The van der Waals surface area contributed by atoms with Gasteiger partial charge in [0.05, 0.1) is 11.1 Å². The third-order valence-electron chi connectivity index (χ3n) is 13.3. The summed E-state index contributed by atoms with van der Waals surface area (Å²) < 4.78 is 12.9. The molecule has 0 radical (unpaired) electrons. The minimum Gasteiger partial charge on any atom is -0.454 e. The average molecular weight is 757 g/mol. The molecule has 56 heavy (non-hydrogen) atoms. The summed E-state index contributed by atoms with van der Waals surface area (Å²) in [6.45, 7) is 5.84. The van der Waals surface area contributed by atoms with Crippen molar-refractivity contribution in [1.82, 2.24) is 19.8 Å². The number of esters is 2. The Kier molecular flexibility index (Phi) is 11.7. The largest absolute Gasteiger partial charge is 0.454 e. The van der Waals surface area contributed by atoms with Crippen molar-refractivity contribution in [1.29, 1.82) is 0 Å². The van der Waals surface area contributed by atoms with E-state index in [1.54, 1.807) is 0 Å². The number of aromatic nitrogens is 2. The van der Waals surface area contributed by atoms with Crippen molar-refractivity contribution in [2.45, 2.75) is 128 Å². The molecule has 8 heteroatoms. The molecule has 3 aliphatic rings. The van der Waals surface area contributed by atoms with E-state index >= 15 is 0 Å². The minimum atomic E-state index is -0.732. The molecule has 296 valence electrons. The van der Waals surface area contributed by atoms with Crippen molar-refractivity contribution in [2.24, 2.45) is 0 Å². The van der Waals surface area contributed by atoms with Crippen LogP contribution in [0.15, 0.2) is 60.7 Å². The van der Waals surface area contributed by atoms with E-state index in [1.807, 2.05) is 32.0 Å². The number of fused-ring (bicyclic) bond motifs is 3. The summed E-state index contributed by atoms with van der Waals surface area (Å²) in [6, 6.07) is 22.2. The molecule has 2 heterocycles. The summed E-state index contributed by atoms with van der Waals surface area (Å²) in [5.41, 5.74) is 8.92. The maximum atomic E-state index is 14.3. The molecule has 0 spiro atoms. The molecule has 8 rings (SSSR count). The number of nitrogens with one attached hydrogen (secondary N) is 2. The Morgan fingerprint density at radius 2 is 1.14 bits per heavy atom. The Morgan fingerprint density at radius 1 is 0.643 bits per heavy atom. The number of rotatable bonds is 12. The lowest BCUT2D eigenvalue weighted by molar-refractivity contribution is -0.0436. The first-order valence-corrected chi connectivity index (χ1v) is 21.4. The molecule has 3 aromatic carbocycles. The molecule has 2 aromatic heterocycles. The van der Waals surface area contributed by atoms with Gasteiger partial charge < -0.3 is 29.2 Å². The Labute approximate surface area is 332 Å². The van der Waals surface area contributed by atoms with Gasteiger partial charge in [0.1, 0.15) is 6.10 Å². The highest BCUT2D eigenvalue weighted by molar-refractivity contribution is 6.07. The Balaban J connectivity index is 1.01. The minimum absolute atomic E-state index is 0.387. The van der Waals surface area contributed by atoms with E-state index in [-0.39, 0.29) is 5.97 Å². The molecule has 8 nitrogen and oxygen atoms in total. The molecule has 2 N–H and O–H groups in total. The molecule has 5 aromatic rings. The van der Waals surface area contributed by atoms with Crippen LogP contribution in [-0.2, 0) is 28.7 Å². The number of H-pyrrole nitrogens is 2. The van der Waals surface area contributed by atoms with E-state index < -0.39 is 18.2 Å². The average Bonchev–Trinajstić information content (AvgIpc) is 3.74. The third kappa shape index (κ3) is 8.19. The van der Waals surface area contributed by atoms with Gasteiger partial charge in [-0.15, -0.1) is 0 Å². The molecule has 0 bridgehead atoms. The molecule has 0 saturated heterocycles. The first kappa shape index (κ1) is 38.5. The lowest BCUT2D eigenvalue weighted by Crippen LogP contribution is -2.34. The highest BCUT2D eigenvalue weighted by atomic mass is 16.6. The number of nitrogens with zero attached hydrogens (tertiary/aromatic N) is 2. The first-order chi connectivity index (χ1) is 27.2. The second kappa shape index (κ2) is 17.0. The van der Waals surface area contributed by atoms with E-state index in [4.69, 9.17) is 9.47 Å². The molecule has 2 unspecified atom stereocenters. The molecule has 0 aliphatic heterocycles. The molecule has 2 saturated carbocycles. The Hall–Kier alpha value is -4.40. The maximum Gasteiger partial charge on any atom is 0.341 e. The standard InChI is InChI=1S/C48H60N4O4/c1-31-44(39-29-33(19-22-41(39)49-31)25-27-51(3)36-14-7-5-8-15-36)47(53)55-43-24-21-35-13-11-12-18-38(35)46(43)56-48(54)45-32(2)50-42-23-20-34(30-40(42)45)26-28-52(4)37-16-9-6-10-17-37/h11-13,18-20,22-23,29-30,36-37,43,46,49-50H,5-10,14-17,21,24-28H2,1-4H3. The monoisotopic (exact) mass is 756 g/mol. The second-order valence-electron chi connectivity index (χ2n) is 17.1. The number of hydrogen-bond acceptors (Lipinski definition) is 6. The molecule has 0 amide bonds. The number of carbonyl (C=O) groups excluding carboxylic acids is 2. The smallest absolute Gasteiger partial charge is 0.341 e. The Morgan fingerprint density at radius 3 is 1.68 bits per heavy atom. The van der Waals surface area contributed by atoms with Gasteiger partial charge in [0.25, 0.3) is 0 Å². The summed E-state index contributed by atoms with van der Waals surface area (Å²) in [5, 5.41) is 1.75. The summed E-state index contributed by atoms with van der Waals surface area (Å²) >= 11 is 0. The van der Waals surface area contributed by atoms with Gasteiger partial charge in [-0.3, -0.25) is 0 Å². The number of ether oxygens (including phenoxy) is 2. The number of aromatic amines is 2. The number of likely N-dealkylation sites (N-methyl/N-ethyl adjacent to an activating group) is 2. The van der Waals surface area contributed by atoms with Crippen LogP contribution in [0.2, 0.25) is 0 Å². The zero-order chi connectivity index (χ0) is 38.8. The van der Waals surface area contributed by atoms with E-state index in [1.165, 1.54) is 75.3 Å². The van der Waals surface area contributed by atoms with Crippen molar-refractivity contribution in [3.8, 4) is 0 Å². The Bertz CT molecular complexity index is 2170. The second-order valence-corrected chi connectivity index (χ2v) is 17.1. The number of carbonyl (C=O) groups is 2. The lowest BCUT2D eigenvalue weighted by Gasteiger charge is -2.32. The van der Waals surface area contributed by atoms with Crippen molar-refractivity contribution in [2.75, 3.05) is 27.2 Å². The van der Waals surface area contributed by atoms with Gasteiger partial charge in [0.2, 0.25) is 0 Å². The quantitative estimate of drug-likeness (QED) is 0.123. The van der Waals surface area contributed by atoms with Gasteiger partial charge in [0.15, 0.2) is 6.10 Å². The van der Waals surface area contributed by atoms with Crippen LogP contribution in [0, 0.1) is 13.8 Å². The molecule has 2 atom stereocenters. The van der Waals surface area contributed by atoms with Gasteiger partial charge >= 0.3 is 11.9 Å². The van der Waals surface area contributed by atoms with Crippen LogP contribution in [0.4, 0.5) is 0 Å². The van der Waals surface area contributed by atoms with Gasteiger partial charge in [0, 0.05) is 58.4 Å². The van der Waals surface area contributed by atoms with E-state index in [2.05, 4.69) is 76.3 Å². The van der Waals surface area contributed by atoms with Crippen LogP contribution in [0.5, 0.6) is 0 Å². The third-order valence-corrected chi connectivity index (χ3v) is 13.3. The summed E-state index contributed by atoms with van der Waals surface area (Å²) in [4.78, 5) is 40.5. The normalized spacial score (nSPS) is 19.5. The summed E-state index contributed by atoms with van der Waals surface area (Å²) in [6.07, 6.45) is 14.9. The van der Waals surface area contributed by atoms with Crippen LogP contribution < -0.4 is 0 Å².